The van der Waals surface area contributed by atoms with E-state index in [4.69, 9.17) is 9.84 Å². The Morgan fingerprint density at radius 3 is 2.86 bits per heavy atom. The van der Waals surface area contributed by atoms with E-state index in [0.29, 0.717) is 12.8 Å². The van der Waals surface area contributed by atoms with Crippen LogP contribution in [0.25, 0.3) is 0 Å². The van der Waals surface area contributed by atoms with Crippen molar-refractivity contribution in [3.05, 3.63) is 34.3 Å². The van der Waals surface area contributed by atoms with Crippen LogP contribution in [-0.4, -0.2) is 48.2 Å². The molecule has 2 atom stereocenters. The maximum atomic E-state index is 12.2. The average Bonchev–Trinajstić information content (AvgIpc) is 2.93. The number of rotatable bonds is 5. The van der Waals surface area contributed by atoms with E-state index in [-0.39, 0.29) is 25.2 Å². The Labute approximate surface area is 132 Å². The molecule has 1 amide bonds. The lowest BCUT2D eigenvalue weighted by Crippen LogP contribution is -2.44. The summed E-state index contributed by atoms with van der Waals surface area (Å²) in [6.45, 7) is 0.458. The summed E-state index contributed by atoms with van der Waals surface area (Å²) < 4.78 is 6.18. The summed E-state index contributed by atoms with van der Waals surface area (Å²) >= 11 is 3.40. The van der Waals surface area contributed by atoms with Gasteiger partial charge in [-0.1, -0.05) is 28.1 Å². The number of carbonyl (C=O) groups excluding carboxylic acids is 1. The number of carbonyl (C=O) groups is 2. The summed E-state index contributed by atoms with van der Waals surface area (Å²) in [4.78, 5) is 24.9. The van der Waals surface area contributed by atoms with E-state index in [9.17, 15) is 9.59 Å². The van der Waals surface area contributed by atoms with Gasteiger partial charge in [-0.05, 0) is 24.1 Å². The van der Waals surface area contributed by atoms with Crippen molar-refractivity contribution in [2.75, 3.05) is 20.3 Å². The molecule has 1 aliphatic rings. The monoisotopic (exact) mass is 355 g/mol. The molecule has 6 heteroatoms. The van der Waals surface area contributed by atoms with Crippen LogP contribution < -0.4 is 0 Å². The Bertz CT molecular complexity index is 534. The van der Waals surface area contributed by atoms with Crippen LogP contribution >= 0.6 is 15.9 Å². The first-order valence-electron chi connectivity index (χ1n) is 6.79. The second-order valence-corrected chi connectivity index (χ2v) is 6.10. The molecule has 5 nitrogen and oxygen atoms in total. The molecule has 1 aromatic carbocycles. The molecule has 0 bridgehead atoms. The molecule has 0 aromatic heterocycles. The molecule has 1 saturated heterocycles. The minimum atomic E-state index is -0.913. The molecule has 1 N–H and O–H groups in total. The van der Waals surface area contributed by atoms with Gasteiger partial charge in [0.25, 0.3) is 0 Å². The van der Waals surface area contributed by atoms with Gasteiger partial charge in [-0.3, -0.25) is 9.59 Å². The van der Waals surface area contributed by atoms with Gasteiger partial charge in [0.2, 0.25) is 5.91 Å². The van der Waals surface area contributed by atoms with Gasteiger partial charge >= 0.3 is 5.97 Å². The highest BCUT2D eigenvalue weighted by Crippen LogP contribution is 2.20. The standard InChI is InChI=1S/C15H18BrNO4/c1-17(13-9-21-8-12(13)15(19)20)14(18)6-5-10-3-2-4-11(16)7-10/h2-4,7,12-13H,5-6,8-9H2,1H3,(H,19,20). The van der Waals surface area contributed by atoms with Crippen molar-refractivity contribution in [3.8, 4) is 0 Å². The van der Waals surface area contributed by atoms with Gasteiger partial charge in [-0.25, -0.2) is 0 Å². The smallest absolute Gasteiger partial charge is 0.311 e. The fourth-order valence-corrected chi connectivity index (χ4v) is 2.91. The minimum Gasteiger partial charge on any atom is -0.481 e. The van der Waals surface area contributed by atoms with E-state index in [1.807, 2.05) is 24.3 Å². The van der Waals surface area contributed by atoms with E-state index >= 15 is 0 Å². The summed E-state index contributed by atoms with van der Waals surface area (Å²) in [6, 6.07) is 7.43. The summed E-state index contributed by atoms with van der Waals surface area (Å²) in [6.07, 6.45) is 0.990. The summed E-state index contributed by atoms with van der Waals surface area (Å²) in [5, 5.41) is 9.13. The molecule has 1 aromatic rings. The first-order chi connectivity index (χ1) is 9.99. The third kappa shape index (κ3) is 4.04. The molecular weight excluding hydrogens is 338 g/mol. The highest BCUT2D eigenvalue weighted by atomic mass is 79.9. The molecule has 0 saturated carbocycles. The Morgan fingerprint density at radius 1 is 1.43 bits per heavy atom. The van der Waals surface area contributed by atoms with E-state index in [0.717, 1.165) is 10.0 Å². The molecule has 114 valence electrons. The van der Waals surface area contributed by atoms with Crippen molar-refractivity contribution in [2.24, 2.45) is 5.92 Å². The first-order valence-corrected chi connectivity index (χ1v) is 7.59. The number of hydrogen-bond donors (Lipinski definition) is 1. The molecular formula is C15H18BrNO4. The summed E-state index contributed by atoms with van der Waals surface area (Å²) in [5.74, 6) is -1.61. The predicted molar refractivity (Wildman–Crippen MR) is 81.0 cm³/mol. The Balaban J connectivity index is 1.92. The second-order valence-electron chi connectivity index (χ2n) is 5.18. The van der Waals surface area contributed by atoms with Gasteiger partial charge in [0.15, 0.2) is 0 Å². The van der Waals surface area contributed by atoms with E-state index in [2.05, 4.69) is 15.9 Å². The van der Waals surface area contributed by atoms with E-state index in [1.165, 1.54) is 4.90 Å². The highest BCUT2D eigenvalue weighted by molar-refractivity contribution is 9.10. The molecule has 0 spiro atoms. The van der Waals surface area contributed by atoms with E-state index in [1.54, 1.807) is 7.05 Å². The van der Waals surface area contributed by atoms with Crippen LogP contribution in [-0.2, 0) is 20.7 Å². The topological polar surface area (TPSA) is 66.8 Å². The van der Waals surface area contributed by atoms with E-state index < -0.39 is 11.9 Å². The lowest BCUT2D eigenvalue weighted by atomic mass is 10.0. The van der Waals surface area contributed by atoms with Crippen molar-refractivity contribution in [2.45, 2.75) is 18.9 Å². The number of ether oxygens (including phenoxy) is 1. The number of amides is 1. The van der Waals surface area contributed by atoms with Crippen LogP contribution in [0, 0.1) is 5.92 Å². The molecule has 2 unspecified atom stereocenters. The van der Waals surface area contributed by atoms with Gasteiger partial charge in [-0.2, -0.15) is 0 Å². The largest absolute Gasteiger partial charge is 0.481 e. The fraction of sp³-hybridized carbons (Fsp3) is 0.467. The number of nitrogens with zero attached hydrogens (tertiary/aromatic N) is 1. The number of carboxylic acids is 1. The molecule has 2 rings (SSSR count). The molecule has 0 aliphatic carbocycles. The Hall–Kier alpha value is -1.40. The second kappa shape index (κ2) is 7.04. The van der Waals surface area contributed by atoms with Crippen LogP contribution in [0.4, 0.5) is 0 Å². The van der Waals surface area contributed by atoms with Crippen molar-refractivity contribution >= 4 is 27.8 Å². The normalized spacial score (nSPS) is 21.2. The third-order valence-corrected chi connectivity index (χ3v) is 4.27. The SMILES string of the molecule is CN(C(=O)CCc1cccc(Br)c1)C1COCC1C(=O)O. The number of hydrogen-bond acceptors (Lipinski definition) is 3. The minimum absolute atomic E-state index is 0.0586. The van der Waals surface area contributed by atoms with Gasteiger partial charge in [0, 0.05) is 17.9 Å². The number of aliphatic carboxylic acids is 1. The molecule has 0 radical (unpaired) electrons. The zero-order valence-electron chi connectivity index (χ0n) is 11.8. The van der Waals surface area contributed by atoms with Crippen LogP contribution in [0.15, 0.2) is 28.7 Å². The number of benzene rings is 1. The molecule has 21 heavy (non-hydrogen) atoms. The first kappa shape index (κ1) is 16.0. The Kier molecular flexibility index (Phi) is 5.36. The van der Waals surface area contributed by atoms with Crippen molar-refractivity contribution in [1.29, 1.82) is 0 Å². The highest BCUT2D eigenvalue weighted by Gasteiger charge is 2.38. The molecule has 1 heterocycles. The average molecular weight is 356 g/mol. The summed E-state index contributed by atoms with van der Waals surface area (Å²) in [5.41, 5.74) is 1.07. The van der Waals surface area contributed by atoms with Gasteiger partial charge < -0.3 is 14.7 Å². The van der Waals surface area contributed by atoms with Crippen LogP contribution in [0.2, 0.25) is 0 Å². The van der Waals surface area contributed by atoms with Crippen molar-refractivity contribution < 1.29 is 19.4 Å². The Morgan fingerprint density at radius 2 is 2.19 bits per heavy atom. The van der Waals surface area contributed by atoms with Gasteiger partial charge in [-0.15, -0.1) is 0 Å². The lowest BCUT2D eigenvalue weighted by Gasteiger charge is -2.26. The number of carboxylic acid groups (broad SMARTS) is 1. The van der Waals surface area contributed by atoms with Crippen LogP contribution in [0.3, 0.4) is 0 Å². The predicted octanol–water partition coefficient (Wildman–Crippen LogP) is 1.94. The molecule has 1 aliphatic heterocycles. The van der Waals surface area contributed by atoms with Gasteiger partial charge in [0.05, 0.1) is 19.3 Å². The van der Waals surface area contributed by atoms with Gasteiger partial charge in [0.1, 0.15) is 5.92 Å². The summed E-state index contributed by atoms with van der Waals surface area (Å²) in [7, 11) is 1.65. The van der Waals surface area contributed by atoms with Crippen LogP contribution in [0.1, 0.15) is 12.0 Å². The lowest BCUT2D eigenvalue weighted by molar-refractivity contribution is -0.144. The quantitative estimate of drug-likeness (QED) is 0.876. The maximum absolute atomic E-state index is 12.2. The number of likely N-dealkylation sites (N-methyl/N-ethyl adjacent to an activating group) is 1. The fourth-order valence-electron chi connectivity index (χ4n) is 2.47. The molecule has 1 fully saturated rings. The zero-order chi connectivity index (χ0) is 15.4. The van der Waals surface area contributed by atoms with Crippen molar-refractivity contribution in [1.82, 2.24) is 4.90 Å². The number of aryl methyl sites for hydroxylation is 1. The maximum Gasteiger partial charge on any atom is 0.311 e. The zero-order valence-corrected chi connectivity index (χ0v) is 13.4. The third-order valence-electron chi connectivity index (χ3n) is 3.78. The van der Waals surface area contributed by atoms with Crippen LogP contribution in [0.5, 0.6) is 0 Å². The number of halogens is 1. The van der Waals surface area contributed by atoms with Crippen molar-refractivity contribution in [3.63, 3.8) is 0 Å².